The summed E-state index contributed by atoms with van der Waals surface area (Å²) in [4.78, 5) is 35.0. The van der Waals surface area contributed by atoms with Crippen LogP contribution in [0.4, 0.5) is 18.9 Å². The number of imide groups is 1. The summed E-state index contributed by atoms with van der Waals surface area (Å²) in [5.41, 5.74) is -2.28. The van der Waals surface area contributed by atoms with E-state index in [-0.39, 0.29) is 5.57 Å². The average Bonchev–Trinajstić information content (AvgIpc) is 2.61. The molecule has 0 spiro atoms. The van der Waals surface area contributed by atoms with E-state index in [1.807, 2.05) is 0 Å². The monoisotopic (exact) mass is 299 g/mol. The van der Waals surface area contributed by atoms with Crippen molar-refractivity contribution in [2.45, 2.75) is 13.1 Å². The number of carboxylic acids is 1. The largest absolute Gasteiger partial charge is 0.478 e. The molecular formula is C13H8F3NO4. The van der Waals surface area contributed by atoms with Gasteiger partial charge in [-0.15, -0.1) is 0 Å². The molecule has 0 saturated heterocycles. The Balaban J connectivity index is 2.63. The van der Waals surface area contributed by atoms with Gasteiger partial charge in [-0.3, -0.25) is 9.59 Å². The summed E-state index contributed by atoms with van der Waals surface area (Å²) in [7, 11) is 0. The maximum absolute atomic E-state index is 12.7. The van der Waals surface area contributed by atoms with Gasteiger partial charge >= 0.3 is 12.1 Å². The van der Waals surface area contributed by atoms with Gasteiger partial charge in [0.25, 0.3) is 11.8 Å². The first-order valence-electron chi connectivity index (χ1n) is 5.64. The van der Waals surface area contributed by atoms with Crippen LogP contribution in [0.15, 0.2) is 29.8 Å². The summed E-state index contributed by atoms with van der Waals surface area (Å²) >= 11 is 0. The number of hydrogen-bond donors (Lipinski definition) is 1. The third-order valence-electron chi connectivity index (χ3n) is 2.90. The molecule has 0 aromatic heterocycles. The maximum atomic E-state index is 12.7. The molecule has 1 N–H and O–H groups in total. The van der Waals surface area contributed by atoms with Gasteiger partial charge in [0.1, 0.15) is 0 Å². The quantitative estimate of drug-likeness (QED) is 0.850. The number of aromatic carboxylic acids is 1. The van der Waals surface area contributed by atoms with E-state index < -0.39 is 40.8 Å². The van der Waals surface area contributed by atoms with Crippen LogP contribution in [0.25, 0.3) is 0 Å². The van der Waals surface area contributed by atoms with Gasteiger partial charge in [0.2, 0.25) is 0 Å². The van der Waals surface area contributed by atoms with E-state index in [1.165, 1.54) is 6.92 Å². The van der Waals surface area contributed by atoms with Crippen molar-refractivity contribution in [1.82, 2.24) is 0 Å². The normalized spacial score (nSPS) is 15.4. The number of hydrogen-bond acceptors (Lipinski definition) is 3. The minimum Gasteiger partial charge on any atom is -0.478 e. The Morgan fingerprint density at radius 2 is 1.86 bits per heavy atom. The number of benzene rings is 1. The van der Waals surface area contributed by atoms with Crippen molar-refractivity contribution in [3.63, 3.8) is 0 Å². The van der Waals surface area contributed by atoms with E-state index in [2.05, 4.69) is 0 Å². The van der Waals surface area contributed by atoms with E-state index in [4.69, 9.17) is 5.11 Å². The topological polar surface area (TPSA) is 74.7 Å². The van der Waals surface area contributed by atoms with E-state index in [0.717, 1.165) is 6.08 Å². The predicted octanol–water partition coefficient (Wildman–Crippen LogP) is 2.22. The van der Waals surface area contributed by atoms with Crippen LogP contribution in [0.1, 0.15) is 22.8 Å². The molecule has 0 radical (unpaired) electrons. The Morgan fingerprint density at radius 1 is 1.24 bits per heavy atom. The Kier molecular flexibility index (Phi) is 3.32. The van der Waals surface area contributed by atoms with Crippen molar-refractivity contribution in [1.29, 1.82) is 0 Å². The molecule has 1 aliphatic heterocycles. The molecule has 2 amide bonds. The molecule has 1 aromatic rings. The van der Waals surface area contributed by atoms with Gasteiger partial charge in [0.05, 0.1) is 16.8 Å². The van der Waals surface area contributed by atoms with Crippen molar-refractivity contribution >= 4 is 23.5 Å². The van der Waals surface area contributed by atoms with Crippen molar-refractivity contribution in [2.24, 2.45) is 0 Å². The van der Waals surface area contributed by atoms with Crippen molar-refractivity contribution in [2.75, 3.05) is 4.90 Å². The smallest absolute Gasteiger partial charge is 0.416 e. The van der Waals surface area contributed by atoms with Gasteiger partial charge in [0.15, 0.2) is 0 Å². The zero-order chi connectivity index (χ0) is 15.9. The number of anilines is 1. The molecule has 110 valence electrons. The number of carboxylic acid groups (broad SMARTS) is 1. The van der Waals surface area contributed by atoms with Crippen LogP contribution < -0.4 is 4.90 Å². The first-order valence-corrected chi connectivity index (χ1v) is 5.64. The third-order valence-corrected chi connectivity index (χ3v) is 2.90. The molecule has 21 heavy (non-hydrogen) atoms. The van der Waals surface area contributed by atoms with Crippen LogP contribution in [-0.2, 0) is 15.8 Å². The first-order chi connectivity index (χ1) is 9.62. The standard InChI is InChI=1S/C13H8F3NO4/c1-6-4-10(18)17(11(6)19)9-5-7(13(14,15)16)2-3-8(9)12(20)21/h2-5H,1H3,(H,20,21). The molecule has 0 bridgehead atoms. The van der Waals surface area contributed by atoms with Crippen LogP contribution in [0, 0.1) is 0 Å². The zero-order valence-electron chi connectivity index (χ0n) is 10.6. The molecule has 0 saturated carbocycles. The lowest BCUT2D eigenvalue weighted by atomic mass is 10.1. The second-order valence-electron chi connectivity index (χ2n) is 4.34. The molecule has 5 nitrogen and oxygen atoms in total. The molecule has 0 aliphatic carbocycles. The number of rotatable bonds is 2. The Morgan fingerprint density at radius 3 is 2.29 bits per heavy atom. The maximum Gasteiger partial charge on any atom is 0.416 e. The molecule has 0 fully saturated rings. The van der Waals surface area contributed by atoms with Gasteiger partial charge < -0.3 is 5.11 Å². The van der Waals surface area contributed by atoms with Gasteiger partial charge in [-0.1, -0.05) is 0 Å². The average molecular weight is 299 g/mol. The molecule has 1 aliphatic rings. The highest BCUT2D eigenvalue weighted by Gasteiger charge is 2.36. The highest BCUT2D eigenvalue weighted by atomic mass is 19.4. The van der Waals surface area contributed by atoms with E-state index >= 15 is 0 Å². The molecular weight excluding hydrogens is 291 g/mol. The van der Waals surface area contributed by atoms with Crippen LogP contribution in [-0.4, -0.2) is 22.9 Å². The van der Waals surface area contributed by atoms with Crippen LogP contribution >= 0.6 is 0 Å². The molecule has 0 unspecified atom stereocenters. The highest BCUT2D eigenvalue weighted by molar-refractivity contribution is 6.31. The summed E-state index contributed by atoms with van der Waals surface area (Å²) < 4.78 is 38.1. The number of carbonyl (C=O) groups is 3. The first kappa shape index (κ1) is 14.8. The number of alkyl halides is 3. The van der Waals surface area contributed by atoms with Crippen LogP contribution in [0.3, 0.4) is 0 Å². The summed E-state index contributed by atoms with van der Waals surface area (Å²) in [6.07, 6.45) is -3.78. The SMILES string of the molecule is CC1=CC(=O)N(c2cc(C(F)(F)F)ccc2C(=O)O)C1=O. The second-order valence-corrected chi connectivity index (χ2v) is 4.34. The molecule has 1 heterocycles. The van der Waals surface area contributed by atoms with Crippen molar-refractivity contribution in [3.05, 3.63) is 41.0 Å². The fourth-order valence-corrected chi connectivity index (χ4v) is 1.89. The lowest BCUT2D eigenvalue weighted by Crippen LogP contribution is -2.32. The molecule has 8 heteroatoms. The number of amides is 2. The molecule has 2 rings (SSSR count). The number of nitrogens with zero attached hydrogens (tertiary/aromatic N) is 1. The van der Waals surface area contributed by atoms with Crippen molar-refractivity contribution < 1.29 is 32.7 Å². The fourth-order valence-electron chi connectivity index (χ4n) is 1.89. The number of carbonyl (C=O) groups excluding carboxylic acids is 2. The molecule has 1 aromatic carbocycles. The summed E-state index contributed by atoms with van der Waals surface area (Å²) in [5, 5.41) is 9.01. The summed E-state index contributed by atoms with van der Waals surface area (Å²) in [6.45, 7) is 1.31. The minimum atomic E-state index is -4.72. The van der Waals surface area contributed by atoms with Gasteiger partial charge in [-0.05, 0) is 25.1 Å². The second kappa shape index (κ2) is 4.72. The fraction of sp³-hybridized carbons (Fsp3) is 0.154. The predicted molar refractivity (Wildman–Crippen MR) is 64.7 cm³/mol. The van der Waals surface area contributed by atoms with E-state index in [0.29, 0.717) is 23.1 Å². The Bertz CT molecular complexity index is 691. The van der Waals surface area contributed by atoms with Gasteiger partial charge in [-0.2, -0.15) is 13.2 Å². The van der Waals surface area contributed by atoms with Gasteiger partial charge in [0, 0.05) is 11.6 Å². The summed E-state index contributed by atoms with van der Waals surface area (Å²) in [5.74, 6) is -3.26. The minimum absolute atomic E-state index is 0.0220. The Hall–Kier alpha value is -2.64. The summed E-state index contributed by atoms with van der Waals surface area (Å²) in [6, 6.07) is 1.78. The lowest BCUT2D eigenvalue weighted by Gasteiger charge is -2.18. The number of halogens is 3. The Labute approximate surface area is 116 Å². The van der Waals surface area contributed by atoms with E-state index in [9.17, 15) is 27.6 Å². The van der Waals surface area contributed by atoms with Gasteiger partial charge in [-0.25, -0.2) is 9.69 Å². The van der Waals surface area contributed by atoms with E-state index in [1.54, 1.807) is 0 Å². The molecule has 0 atom stereocenters. The third kappa shape index (κ3) is 2.51. The zero-order valence-corrected chi connectivity index (χ0v) is 10.6. The highest BCUT2D eigenvalue weighted by Crippen LogP contribution is 2.35. The van der Waals surface area contributed by atoms with Crippen molar-refractivity contribution in [3.8, 4) is 0 Å². The van der Waals surface area contributed by atoms with Crippen LogP contribution in [0.2, 0.25) is 0 Å². The lowest BCUT2D eigenvalue weighted by molar-refractivity contribution is -0.137. The van der Waals surface area contributed by atoms with Crippen LogP contribution in [0.5, 0.6) is 0 Å².